The summed E-state index contributed by atoms with van der Waals surface area (Å²) < 4.78 is 1.41. The van der Waals surface area contributed by atoms with Gasteiger partial charge in [0.1, 0.15) is 17.5 Å². The van der Waals surface area contributed by atoms with Crippen molar-refractivity contribution in [1.82, 2.24) is 19.7 Å². The van der Waals surface area contributed by atoms with Crippen LogP contribution in [0.3, 0.4) is 0 Å². The van der Waals surface area contributed by atoms with E-state index in [1.165, 1.54) is 16.9 Å². The highest BCUT2D eigenvalue weighted by Crippen LogP contribution is 2.05. The Hall–Kier alpha value is -2.15. The predicted octanol–water partition coefficient (Wildman–Crippen LogP) is 0.547. The van der Waals surface area contributed by atoms with Gasteiger partial charge in [0, 0.05) is 12.4 Å². The summed E-state index contributed by atoms with van der Waals surface area (Å²) in [6.07, 6.45) is 3.06. The van der Waals surface area contributed by atoms with Crippen molar-refractivity contribution in [2.45, 2.75) is 6.54 Å². The van der Waals surface area contributed by atoms with Gasteiger partial charge in [-0.2, -0.15) is 5.10 Å². The van der Waals surface area contributed by atoms with Crippen LogP contribution in [0.2, 0.25) is 5.15 Å². The molecule has 2 heterocycles. The molecule has 2 aromatic heterocycles. The minimum absolute atomic E-state index is 0.0348. The van der Waals surface area contributed by atoms with Gasteiger partial charge in [0.15, 0.2) is 0 Å². The van der Waals surface area contributed by atoms with Crippen LogP contribution in [0.15, 0.2) is 24.5 Å². The van der Waals surface area contributed by atoms with Crippen LogP contribution in [0.5, 0.6) is 0 Å². The van der Waals surface area contributed by atoms with Gasteiger partial charge in [-0.15, -0.1) is 0 Å². The normalized spacial score (nSPS) is 10.2. The van der Waals surface area contributed by atoms with E-state index in [1.807, 2.05) is 0 Å². The molecule has 7 nitrogen and oxygen atoms in total. The first-order valence-corrected chi connectivity index (χ1v) is 5.08. The van der Waals surface area contributed by atoms with Crippen LogP contribution in [0.1, 0.15) is 0 Å². The number of hydrogen-bond acceptors (Lipinski definition) is 5. The standard InChI is InChI=1S/C9H9ClN6O/c10-6-1-3-12-9(13-6)14-8(17)5-16-4-2-7(11)15-16/h1-4H,5H2,(H2,11,15)(H,12,13,14,17). The van der Waals surface area contributed by atoms with Crippen molar-refractivity contribution in [3.63, 3.8) is 0 Å². The number of carbonyl (C=O) groups is 1. The second-order valence-corrected chi connectivity index (χ2v) is 3.58. The van der Waals surface area contributed by atoms with Gasteiger partial charge in [0.2, 0.25) is 11.9 Å². The van der Waals surface area contributed by atoms with Gasteiger partial charge in [0.05, 0.1) is 0 Å². The zero-order valence-corrected chi connectivity index (χ0v) is 9.42. The number of nitrogens with two attached hydrogens (primary N) is 1. The first-order chi connectivity index (χ1) is 8.13. The van der Waals surface area contributed by atoms with Crippen molar-refractivity contribution in [2.24, 2.45) is 0 Å². The largest absolute Gasteiger partial charge is 0.382 e. The zero-order valence-electron chi connectivity index (χ0n) is 8.67. The molecule has 0 spiro atoms. The minimum atomic E-state index is -0.310. The van der Waals surface area contributed by atoms with Crippen molar-refractivity contribution < 1.29 is 4.79 Å². The Bertz CT molecular complexity index is 540. The van der Waals surface area contributed by atoms with Gasteiger partial charge >= 0.3 is 0 Å². The third-order valence-electron chi connectivity index (χ3n) is 1.84. The van der Waals surface area contributed by atoms with Crippen LogP contribution in [0, 0.1) is 0 Å². The fourth-order valence-corrected chi connectivity index (χ4v) is 1.31. The van der Waals surface area contributed by atoms with E-state index in [0.717, 1.165) is 0 Å². The topological polar surface area (TPSA) is 98.7 Å². The zero-order chi connectivity index (χ0) is 12.3. The number of anilines is 2. The van der Waals surface area contributed by atoms with E-state index in [4.69, 9.17) is 17.3 Å². The van der Waals surface area contributed by atoms with E-state index >= 15 is 0 Å². The fraction of sp³-hybridized carbons (Fsp3) is 0.111. The lowest BCUT2D eigenvalue weighted by atomic mass is 10.5. The van der Waals surface area contributed by atoms with Crippen LogP contribution < -0.4 is 11.1 Å². The molecule has 0 aliphatic carbocycles. The maximum Gasteiger partial charge on any atom is 0.248 e. The Kier molecular flexibility index (Phi) is 3.20. The number of halogens is 1. The van der Waals surface area contributed by atoms with Crippen molar-refractivity contribution in [3.8, 4) is 0 Å². The number of rotatable bonds is 3. The first kappa shape index (κ1) is 11.3. The van der Waals surface area contributed by atoms with Gasteiger partial charge in [-0.1, -0.05) is 11.6 Å². The van der Waals surface area contributed by atoms with E-state index in [1.54, 1.807) is 12.3 Å². The number of nitrogen functional groups attached to an aromatic ring is 1. The molecule has 0 radical (unpaired) electrons. The Balaban J connectivity index is 1.98. The van der Waals surface area contributed by atoms with E-state index in [9.17, 15) is 4.79 Å². The van der Waals surface area contributed by atoms with Crippen LogP contribution in [-0.4, -0.2) is 25.7 Å². The molecule has 0 aliphatic rings. The van der Waals surface area contributed by atoms with Crippen molar-refractivity contribution >= 4 is 29.3 Å². The monoisotopic (exact) mass is 252 g/mol. The molecule has 0 saturated carbocycles. The second-order valence-electron chi connectivity index (χ2n) is 3.19. The molecule has 2 rings (SSSR count). The Morgan fingerprint density at radius 3 is 3.00 bits per heavy atom. The maximum absolute atomic E-state index is 11.6. The molecule has 17 heavy (non-hydrogen) atoms. The first-order valence-electron chi connectivity index (χ1n) is 4.71. The van der Waals surface area contributed by atoms with E-state index in [2.05, 4.69) is 20.4 Å². The summed E-state index contributed by atoms with van der Waals surface area (Å²) in [5, 5.41) is 6.63. The molecule has 1 amide bonds. The Labute approximate surface area is 102 Å². The summed E-state index contributed by atoms with van der Waals surface area (Å²) in [6.45, 7) is 0.0348. The van der Waals surface area contributed by atoms with Gasteiger partial charge in [-0.05, 0) is 12.1 Å². The highest BCUT2D eigenvalue weighted by atomic mass is 35.5. The van der Waals surface area contributed by atoms with Crippen molar-refractivity contribution in [2.75, 3.05) is 11.1 Å². The maximum atomic E-state index is 11.6. The summed E-state index contributed by atoms with van der Waals surface area (Å²) in [6, 6.07) is 3.12. The number of nitrogens with one attached hydrogen (secondary N) is 1. The number of amides is 1. The molecule has 0 bridgehead atoms. The molecule has 0 fully saturated rings. The van der Waals surface area contributed by atoms with Crippen molar-refractivity contribution in [1.29, 1.82) is 0 Å². The predicted molar refractivity (Wildman–Crippen MR) is 62.3 cm³/mol. The lowest BCUT2D eigenvalue weighted by Crippen LogP contribution is -2.20. The third-order valence-corrected chi connectivity index (χ3v) is 2.05. The summed E-state index contributed by atoms with van der Waals surface area (Å²) >= 11 is 5.66. The molecule has 0 unspecified atom stereocenters. The third kappa shape index (κ3) is 3.15. The number of nitrogens with zero attached hydrogens (tertiary/aromatic N) is 4. The van der Waals surface area contributed by atoms with E-state index in [-0.39, 0.29) is 23.6 Å². The van der Waals surface area contributed by atoms with E-state index < -0.39 is 0 Å². The quantitative estimate of drug-likeness (QED) is 0.777. The molecule has 88 valence electrons. The average molecular weight is 253 g/mol. The Morgan fingerprint density at radius 2 is 2.35 bits per heavy atom. The van der Waals surface area contributed by atoms with Crippen LogP contribution >= 0.6 is 11.6 Å². The molecule has 2 aromatic rings. The van der Waals surface area contributed by atoms with Crippen LogP contribution in [0.25, 0.3) is 0 Å². The van der Waals surface area contributed by atoms with Gasteiger partial charge in [-0.3, -0.25) is 14.8 Å². The molecule has 0 atom stereocenters. The summed E-state index contributed by atoms with van der Waals surface area (Å²) in [4.78, 5) is 19.2. The van der Waals surface area contributed by atoms with Gasteiger partial charge in [0.25, 0.3) is 0 Å². The van der Waals surface area contributed by atoms with Crippen LogP contribution in [0.4, 0.5) is 11.8 Å². The lowest BCUT2D eigenvalue weighted by Gasteiger charge is -2.03. The van der Waals surface area contributed by atoms with E-state index in [0.29, 0.717) is 5.82 Å². The molecular formula is C9H9ClN6O. The molecule has 0 saturated heterocycles. The lowest BCUT2D eigenvalue weighted by molar-refractivity contribution is -0.116. The molecular weight excluding hydrogens is 244 g/mol. The van der Waals surface area contributed by atoms with Crippen LogP contribution in [-0.2, 0) is 11.3 Å². The smallest absolute Gasteiger partial charge is 0.248 e. The molecule has 3 N–H and O–H groups in total. The summed E-state index contributed by atoms with van der Waals surface area (Å²) in [7, 11) is 0. The fourth-order valence-electron chi connectivity index (χ4n) is 1.17. The minimum Gasteiger partial charge on any atom is -0.382 e. The molecule has 8 heteroatoms. The summed E-state index contributed by atoms with van der Waals surface area (Å²) in [5.74, 6) is 0.204. The second kappa shape index (κ2) is 4.79. The highest BCUT2D eigenvalue weighted by Gasteiger charge is 2.06. The number of hydrogen-bond donors (Lipinski definition) is 2. The molecule has 0 aliphatic heterocycles. The molecule has 0 aromatic carbocycles. The summed E-state index contributed by atoms with van der Waals surface area (Å²) in [5.41, 5.74) is 5.42. The average Bonchev–Trinajstić information content (AvgIpc) is 2.63. The number of aromatic nitrogens is 4. The van der Waals surface area contributed by atoms with Gasteiger partial charge < -0.3 is 5.73 Å². The highest BCUT2D eigenvalue weighted by molar-refractivity contribution is 6.29. The Morgan fingerprint density at radius 1 is 1.53 bits per heavy atom. The van der Waals surface area contributed by atoms with Crippen molar-refractivity contribution in [3.05, 3.63) is 29.7 Å². The van der Waals surface area contributed by atoms with Gasteiger partial charge in [-0.25, -0.2) is 9.97 Å². The SMILES string of the molecule is Nc1ccn(CC(=O)Nc2nccc(Cl)n2)n1. The number of carbonyl (C=O) groups excluding carboxylic acids is 1.